The zero-order valence-electron chi connectivity index (χ0n) is 10.4. The Balaban J connectivity index is 2.04. The number of rotatable bonds is 4. The highest BCUT2D eigenvalue weighted by Crippen LogP contribution is 2.41. The normalized spacial score (nSPS) is 17.6. The van der Waals surface area contributed by atoms with E-state index in [-0.39, 0.29) is 0 Å². The quantitative estimate of drug-likeness (QED) is 0.861. The Bertz CT molecular complexity index is 414. The maximum absolute atomic E-state index is 9.01. The number of nitrogens with one attached hydrogen (secondary N) is 1. The highest BCUT2D eigenvalue weighted by atomic mass is 14.9. The Morgan fingerprint density at radius 3 is 2.88 bits per heavy atom. The third-order valence-electron chi connectivity index (χ3n) is 4.01. The van der Waals surface area contributed by atoms with Crippen LogP contribution < -0.4 is 5.32 Å². The summed E-state index contributed by atoms with van der Waals surface area (Å²) in [5, 5.41) is 12.4. The lowest BCUT2D eigenvalue weighted by Gasteiger charge is -2.28. The molecule has 0 amide bonds. The lowest BCUT2D eigenvalue weighted by atomic mass is 9.83. The molecule has 0 aromatic carbocycles. The zero-order chi connectivity index (χ0) is 12.1. The van der Waals surface area contributed by atoms with E-state index in [0.29, 0.717) is 11.0 Å². The molecule has 1 fully saturated rings. The first-order chi connectivity index (χ1) is 8.29. The van der Waals surface area contributed by atoms with Gasteiger partial charge in [0.05, 0.1) is 17.4 Å². The van der Waals surface area contributed by atoms with Crippen molar-refractivity contribution in [3.05, 3.63) is 24.0 Å². The zero-order valence-corrected chi connectivity index (χ0v) is 10.4. The second-order valence-corrected chi connectivity index (χ2v) is 4.95. The van der Waals surface area contributed by atoms with Gasteiger partial charge in [0.1, 0.15) is 6.07 Å². The van der Waals surface area contributed by atoms with Gasteiger partial charge in [0, 0.05) is 12.7 Å². The predicted octanol–water partition coefficient (Wildman–Crippen LogP) is 3.34. The molecule has 0 bridgehead atoms. The number of aromatic nitrogens is 1. The average molecular weight is 229 g/mol. The van der Waals surface area contributed by atoms with Crippen LogP contribution in [-0.2, 0) is 0 Å². The van der Waals surface area contributed by atoms with Crippen LogP contribution >= 0.6 is 0 Å². The highest BCUT2D eigenvalue weighted by Gasteiger charge is 2.31. The van der Waals surface area contributed by atoms with Gasteiger partial charge < -0.3 is 5.32 Å². The molecule has 0 aliphatic heterocycles. The molecular formula is C14H19N3. The van der Waals surface area contributed by atoms with Crippen LogP contribution in [0, 0.1) is 16.7 Å². The number of hydrogen-bond donors (Lipinski definition) is 1. The van der Waals surface area contributed by atoms with Gasteiger partial charge in [0.2, 0.25) is 0 Å². The van der Waals surface area contributed by atoms with Crippen LogP contribution in [0.15, 0.2) is 18.5 Å². The molecular weight excluding hydrogens is 210 g/mol. The van der Waals surface area contributed by atoms with Gasteiger partial charge in [-0.2, -0.15) is 5.26 Å². The smallest absolute Gasteiger partial charge is 0.101 e. The summed E-state index contributed by atoms with van der Waals surface area (Å²) in [6, 6.07) is 3.96. The minimum absolute atomic E-state index is 0.433. The Hall–Kier alpha value is -1.56. The number of nitrogens with zero attached hydrogens (tertiary/aromatic N) is 2. The maximum Gasteiger partial charge on any atom is 0.101 e. The lowest BCUT2D eigenvalue weighted by molar-refractivity contribution is 0.307. The first-order valence-electron chi connectivity index (χ1n) is 6.38. The van der Waals surface area contributed by atoms with Gasteiger partial charge in [-0.3, -0.25) is 4.98 Å². The molecule has 0 unspecified atom stereocenters. The predicted molar refractivity (Wildman–Crippen MR) is 68.6 cm³/mol. The van der Waals surface area contributed by atoms with Crippen LogP contribution in [0.2, 0.25) is 0 Å². The van der Waals surface area contributed by atoms with Gasteiger partial charge in [-0.1, -0.05) is 19.8 Å². The van der Waals surface area contributed by atoms with E-state index in [1.807, 2.05) is 0 Å². The molecule has 1 N–H and O–H groups in total. The third kappa shape index (κ3) is 2.58. The van der Waals surface area contributed by atoms with Crippen LogP contribution in [0.3, 0.4) is 0 Å². The number of nitriles is 1. The molecule has 1 aromatic rings. The van der Waals surface area contributed by atoms with E-state index in [1.165, 1.54) is 32.1 Å². The Labute approximate surface area is 103 Å². The molecule has 3 heteroatoms. The maximum atomic E-state index is 9.01. The SMILES string of the molecule is CCC1(CNc2cnccc2C#N)CCCC1. The fraction of sp³-hybridized carbons (Fsp3) is 0.571. The molecule has 1 aliphatic rings. The number of anilines is 1. The minimum Gasteiger partial charge on any atom is -0.382 e. The van der Waals surface area contributed by atoms with Crippen LogP contribution in [0.4, 0.5) is 5.69 Å². The van der Waals surface area contributed by atoms with Crippen LogP contribution in [0.25, 0.3) is 0 Å². The first kappa shape index (κ1) is 11.9. The molecule has 90 valence electrons. The summed E-state index contributed by atoms with van der Waals surface area (Å²) < 4.78 is 0. The molecule has 0 spiro atoms. The molecule has 1 aromatic heterocycles. The largest absolute Gasteiger partial charge is 0.382 e. The van der Waals surface area contributed by atoms with E-state index in [4.69, 9.17) is 5.26 Å². The van der Waals surface area contributed by atoms with Crippen LogP contribution in [0.1, 0.15) is 44.6 Å². The van der Waals surface area contributed by atoms with Crippen molar-refractivity contribution in [2.75, 3.05) is 11.9 Å². The summed E-state index contributed by atoms with van der Waals surface area (Å²) in [5.41, 5.74) is 1.99. The Kier molecular flexibility index (Phi) is 3.63. The monoisotopic (exact) mass is 229 g/mol. The second-order valence-electron chi connectivity index (χ2n) is 4.95. The molecule has 0 atom stereocenters. The summed E-state index contributed by atoms with van der Waals surface area (Å²) in [6.45, 7) is 3.23. The van der Waals surface area contributed by atoms with Gasteiger partial charge in [-0.25, -0.2) is 0 Å². The van der Waals surface area contributed by atoms with E-state index in [0.717, 1.165) is 12.2 Å². The first-order valence-corrected chi connectivity index (χ1v) is 6.38. The van der Waals surface area contributed by atoms with Crippen LogP contribution in [0.5, 0.6) is 0 Å². The fourth-order valence-corrected chi connectivity index (χ4v) is 2.70. The minimum atomic E-state index is 0.433. The molecule has 1 aliphatic carbocycles. The van der Waals surface area contributed by atoms with Gasteiger partial charge in [-0.15, -0.1) is 0 Å². The highest BCUT2D eigenvalue weighted by molar-refractivity contribution is 5.55. The summed E-state index contributed by atoms with van der Waals surface area (Å²) in [7, 11) is 0. The molecule has 2 rings (SSSR count). The van der Waals surface area contributed by atoms with Crippen molar-refractivity contribution >= 4 is 5.69 Å². The van der Waals surface area contributed by atoms with E-state index < -0.39 is 0 Å². The van der Waals surface area contributed by atoms with Crippen molar-refractivity contribution < 1.29 is 0 Å². The summed E-state index contributed by atoms with van der Waals surface area (Å²) in [5.74, 6) is 0. The van der Waals surface area contributed by atoms with Gasteiger partial charge in [0.15, 0.2) is 0 Å². The van der Waals surface area contributed by atoms with E-state index >= 15 is 0 Å². The topological polar surface area (TPSA) is 48.7 Å². The van der Waals surface area contributed by atoms with Crippen molar-refractivity contribution in [3.8, 4) is 6.07 Å². The third-order valence-corrected chi connectivity index (χ3v) is 4.01. The van der Waals surface area contributed by atoms with Crippen molar-refractivity contribution in [1.82, 2.24) is 4.98 Å². The van der Waals surface area contributed by atoms with Crippen molar-refractivity contribution in [3.63, 3.8) is 0 Å². The number of pyridine rings is 1. The molecule has 1 heterocycles. The van der Waals surface area contributed by atoms with Gasteiger partial charge in [-0.05, 0) is 30.7 Å². The molecule has 0 saturated heterocycles. The van der Waals surface area contributed by atoms with Crippen molar-refractivity contribution in [1.29, 1.82) is 5.26 Å². The molecule has 17 heavy (non-hydrogen) atoms. The summed E-state index contributed by atoms with van der Waals surface area (Å²) >= 11 is 0. The Morgan fingerprint density at radius 1 is 1.47 bits per heavy atom. The summed E-state index contributed by atoms with van der Waals surface area (Å²) in [6.07, 6.45) is 9.91. The second kappa shape index (κ2) is 5.18. The van der Waals surface area contributed by atoms with Crippen molar-refractivity contribution in [2.45, 2.75) is 39.0 Å². The van der Waals surface area contributed by atoms with Crippen molar-refractivity contribution in [2.24, 2.45) is 5.41 Å². The number of hydrogen-bond acceptors (Lipinski definition) is 3. The van der Waals surface area contributed by atoms with E-state index in [9.17, 15) is 0 Å². The van der Waals surface area contributed by atoms with E-state index in [2.05, 4.69) is 23.3 Å². The van der Waals surface area contributed by atoms with Gasteiger partial charge in [0.25, 0.3) is 0 Å². The Morgan fingerprint density at radius 2 is 2.24 bits per heavy atom. The van der Waals surface area contributed by atoms with Crippen LogP contribution in [-0.4, -0.2) is 11.5 Å². The van der Waals surface area contributed by atoms with Gasteiger partial charge >= 0.3 is 0 Å². The molecule has 0 radical (unpaired) electrons. The van der Waals surface area contributed by atoms with E-state index in [1.54, 1.807) is 18.5 Å². The summed E-state index contributed by atoms with van der Waals surface area (Å²) in [4.78, 5) is 4.07. The lowest BCUT2D eigenvalue weighted by Crippen LogP contribution is -2.26. The fourth-order valence-electron chi connectivity index (χ4n) is 2.70. The molecule has 1 saturated carbocycles. The standard InChI is InChI=1S/C14H19N3/c1-2-14(6-3-4-7-14)11-17-13-10-16-8-5-12(13)9-15/h5,8,10,17H,2-4,6-7,11H2,1H3. The average Bonchev–Trinajstić information content (AvgIpc) is 2.86. The molecule has 3 nitrogen and oxygen atoms in total.